The third kappa shape index (κ3) is 3.38. The van der Waals surface area contributed by atoms with Crippen molar-refractivity contribution in [2.24, 2.45) is 5.73 Å². The summed E-state index contributed by atoms with van der Waals surface area (Å²) in [5.74, 6) is -1.56. The first-order chi connectivity index (χ1) is 10.0. The summed E-state index contributed by atoms with van der Waals surface area (Å²) in [4.78, 5) is 35.9. The van der Waals surface area contributed by atoms with Crippen molar-refractivity contribution in [2.75, 3.05) is 13.1 Å². The molecule has 0 atom stereocenters. The van der Waals surface area contributed by atoms with Gasteiger partial charge in [-0.2, -0.15) is 0 Å². The van der Waals surface area contributed by atoms with Gasteiger partial charge in [-0.1, -0.05) is 0 Å². The minimum absolute atomic E-state index is 0.0824. The predicted molar refractivity (Wildman–Crippen MR) is 75.0 cm³/mol. The van der Waals surface area contributed by atoms with Gasteiger partial charge in [0.15, 0.2) is 0 Å². The quantitative estimate of drug-likeness (QED) is 0.757. The molecule has 21 heavy (non-hydrogen) atoms. The number of aromatic carboxylic acids is 1. The molecule has 0 spiro atoms. The van der Waals surface area contributed by atoms with E-state index in [1.54, 1.807) is 0 Å². The predicted octanol–water partition coefficient (Wildman–Crippen LogP) is 0.658. The summed E-state index contributed by atoms with van der Waals surface area (Å²) in [6, 6.07) is 4.43. The van der Waals surface area contributed by atoms with E-state index < -0.39 is 17.9 Å². The summed E-state index contributed by atoms with van der Waals surface area (Å²) in [6.07, 6.45) is 1.31. The number of piperidine rings is 1. The largest absolute Gasteiger partial charge is 0.478 e. The summed E-state index contributed by atoms with van der Waals surface area (Å²) in [7, 11) is 0. The molecule has 0 aromatic heterocycles. The fourth-order valence-electron chi connectivity index (χ4n) is 2.41. The van der Waals surface area contributed by atoms with E-state index in [9.17, 15) is 14.4 Å². The number of carboxylic acid groups (broad SMARTS) is 1. The first-order valence-corrected chi connectivity index (χ1v) is 6.68. The number of amides is 3. The molecule has 1 aliphatic rings. The Bertz CT molecular complexity index is 550. The molecule has 3 amide bonds. The van der Waals surface area contributed by atoms with Gasteiger partial charge in [-0.3, -0.25) is 9.69 Å². The third-order valence-electron chi connectivity index (χ3n) is 3.51. The van der Waals surface area contributed by atoms with Crippen LogP contribution in [0.4, 0.5) is 4.79 Å². The van der Waals surface area contributed by atoms with E-state index >= 15 is 0 Å². The number of nitrogens with two attached hydrogens (primary N) is 1. The lowest BCUT2D eigenvalue weighted by Gasteiger charge is -2.31. The van der Waals surface area contributed by atoms with Crippen molar-refractivity contribution >= 4 is 17.9 Å². The topological polar surface area (TPSA) is 113 Å². The van der Waals surface area contributed by atoms with Crippen LogP contribution in [-0.2, 0) is 0 Å². The van der Waals surface area contributed by atoms with E-state index in [-0.39, 0.29) is 17.2 Å². The first-order valence-electron chi connectivity index (χ1n) is 6.68. The summed E-state index contributed by atoms with van der Waals surface area (Å²) in [5.41, 5.74) is 5.67. The lowest BCUT2D eigenvalue weighted by molar-refractivity contribution is 0.0690. The lowest BCUT2D eigenvalue weighted by Crippen LogP contribution is -2.51. The second-order valence-corrected chi connectivity index (χ2v) is 4.88. The standard InChI is InChI=1S/C14H17N3O4/c15-14(21)17(11-5-7-16-8-6-11)12(18)9-1-3-10(4-2-9)13(19)20/h1-4,11,16H,5-8H2,(H2,15,21)(H,19,20). The Kier molecular flexibility index (Phi) is 4.54. The highest BCUT2D eigenvalue weighted by Crippen LogP contribution is 2.16. The zero-order valence-corrected chi connectivity index (χ0v) is 11.4. The van der Waals surface area contributed by atoms with Crippen LogP contribution in [0.25, 0.3) is 0 Å². The van der Waals surface area contributed by atoms with Crippen molar-refractivity contribution in [3.63, 3.8) is 0 Å². The molecule has 112 valence electrons. The van der Waals surface area contributed by atoms with Crippen LogP contribution >= 0.6 is 0 Å². The Hall–Kier alpha value is -2.41. The molecular formula is C14H17N3O4. The fourth-order valence-corrected chi connectivity index (χ4v) is 2.41. The Balaban J connectivity index is 2.21. The molecule has 0 saturated carbocycles. The molecule has 1 aromatic carbocycles. The van der Waals surface area contributed by atoms with Gasteiger partial charge in [0.1, 0.15) is 0 Å². The summed E-state index contributed by atoms with van der Waals surface area (Å²) in [5, 5.41) is 12.0. The van der Waals surface area contributed by atoms with E-state index in [1.807, 2.05) is 0 Å². The molecule has 4 N–H and O–H groups in total. The first kappa shape index (κ1) is 15.0. The van der Waals surface area contributed by atoms with E-state index in [4.69, 9.17) is 10.8 Å². The molecule has 1 heterocycles. The summed E-state index contributed by atoms with van der Waals surface area (Å²) in [6.45, 7) is 1.44. The van der Waals surface area contributed by atoms with Gasteiger partial charge in [0.05, 0.1) is 5.56 Å². The number of imide groups is 1. The average Bonchev–Trinajstić information content (AvgIpc) is 2.48. The van der Waals surface area contributed by atoms with Crippen LogP contribution in [0.2, 0.25) is 0 Å². The molecule has 0 unspecified atom stereocenters. The van der Waals surface area contributed by atoms with Crippen LogP contribution in [0.1, 0.15) is 33.6 Å². The molecule has 1 aromatic rings. The maximum Gasteiger partial charge on any atom is 0.335 e. The van der Waals surface area contributed by atoms with Gasteiger partial charge in [-0.15, -0.1) is 0 Å². The number of nitrogens with one attached hydrogen (secondary N) is 1. The zero-order valence-electron chi connectivity index (χ0n) is 11.4. The van der Waals surface area contributed by atoms with Gasteiger partial charge in [-0.25, -0.2) is 9.59 Å². The van der Waals surface area contributed by atoms with Crippen molar-refractivity contribution in [3.05, 3.63) is 35.4 Å². The minimum Gasteiger partial charge on any atom is -0.478 e. The number of hydrogen-bond donors (Lipinski definition) is 3. The van der Waals surface area contributed by atoms with E-state index in [2.05, 4.69) is 5.32 Å². The second-order valence-electron chi connectivity index (χ2n) is 4.88. The highest BCUT2D eigenvalue weighted by molar-refractivity contribution is 6.04. The number of nitrogens with zero attached hydrogens (tertiary/aromatic N) is 1. The summed E-state index contributed by atoms with van der Waals surface area (Å²) >= 11 is 0. The van der Waals surface area contributed by atoms with Crippen LogP contribution < -0.4 is 11.1 Å². The smallest absolute Gasteiger partial charge is 0.335 e. The van der Waals surface area contributed by atoms with Crippen molar-refractivity contribution in [1.29, 1.82) is 0 Å². The Morgan fingerprint density at radius 1 is 1.10 bits per heavy atom. The van der Waals surface area contributed by atoms with E-state index in [0.717, 1.165) is 18.0 Å². The fraction of sp³-hybridized carbons (Fsp3) is 0.357. The van der Waals surface area contributed by atoms with Crippen LogP contribution in [0, 0.1) is 0 Å². The highest BCUT2D eigenvalue weighted by Gasteiger charge is 2.30. The molecule has 0 bridgehead atoms. The molecule has 1 aliphatic heterocycles. The van der Waals surface area contributed by atoms with Crippen molar-refractivity contribution in [2.45, 2.75) is 18.9 Å². The Morgan fingerprint density at radius 3 is 2.10 bits per heavy atom. The van der Waals surface area contributed by atoms with Crippen molar-refractivity contribution in [1.82, 2.24) is 10.2 Å². The van der Waals surface area contributed by atoms with Gasteiger partial charge in [-0.05, 0) is 50.2 Å². The number of carbonyl (C=O) groups is 3. The van der Waals surface area contributed by atoms with Crippen LogP contribution in [0.5, 0.6) is 0 Å². The number of primary amides is 1. The van der Waals surface area contributed by atoms with Crippen LogP contribution in [-0.4, -0.2) is 47.0 Å². The molecule has 2 rings (SSSR count). The molecule has 7 heteroatoms. The number of rotatable bonds is 3. The number of carbonyl (C=O) groups excluding carboxylic acids is 2. The number of benzene rings is 1. The monoisotopic (exact) mass is 291 g/mol. The average molecular weight is 291 g/mol. The van der Waals surface area contributed by atoms with Crippen molar-refractivity contribution in [3.8, 4) is 0 Å². The van der Waals surface area contributed by atoms with E-state index in [1.165, 1.54) is 24.3 Å². The maximum absolute atomic E-state index is 12.4. The molecule has 0 aliphatic carbocycles. The second kappa shape index (κ2) is 6.36. The molecular weight excluding hydrogens is 274 g/mol. The van der Waals surface area contributed by atoms with Crippen molar-refractivity contribution < 1.29 is 19.5 Å². The zero-order chi connectivity index (χ0) is 15.4. The van der Waals surface area contributed by atoms with Gasteiger partial charge in [0, 0.05) is 11.6 Å². The molecule has 7 nitrogen and oxygen atoms in total. The molecule has 1 saturated heterocycles. The van der Waals surface area contributed by atoms with Gasteiger partial charge >= 0.3 is 12.0 Å². The third-order valence-corrected chi connectivity index (χ3v) is 3.51. The van der Waals surface area contributed by atoms with Crippen LogP contribution in [0.3, 0.4) is 0 Å². The Morgan fingerprint density at radius 2 is 1.62 bits per heavy atom. The summed E-state index contributed by atoms with van der Waals surface area (Å²) < 4.78 is 0. The Labute approximate surface area is 121 Å². The normalized spacial score (nSPS) is 15.4. The van der Waals surface area contributed by atoms with Gasteiger partial charge < -0.3 is 16.2 Å². The van der Waals surface area contributed by atoms with Crippen LogP contribution in [0.15, 0.2) is 24.3 Å². The molecule has 0 radical (unpaired) electrons. The SMILES string of the molecule is NC(=O)N(C(=O)c1ccc(C(=O)O)cc1)C1CCNCC1. The lowest BCUT2D eigenvalue weighted by atomic mass is 10.0. The number of carboxylic acids is 1. The molecule has 1 fully saturated rings. The highest BCUT2D eigenvalue weighted by atomic mass is 16.4. The number of hydrogen-bond acceptors (Lipinski definition) is 4. The number of urea groups is 1. The van der Waals surface area contributed by atoms with Gasteiger partial charge in [0.2, 0.25) is 0 Å². The minimum atomic E-state index is -1.07. The maximum atomic E-state index is 12.4. The van der Waals surface area contributed by atoms with Gasteiger partial charge in [0.25, 0.3) is 5.91 Å². The van der Waals surface area contributed by atoms with E-state index in [0.29, 0.717) is 12.8 Å².